The zero-order chi connectivity index (χ0) is 34.2. The fourth-order valence-electron chi connectivity index (χ4n) is 4.92. The van der Waals surface area contributed by atoms with E-state index in [1.54, 1.807) is 75.4 Å². The highest BCUT2D eigenvalue weighted by Crippen LogP contribution is 2.45. The number of aliphatic imine (C=N–C) groups is 1. The lowest BCUT2D eigenvalue weighted by Gasteiger charge is -2.31. The van der Waals surface area contributed by atoms with Crippen molar-refractivity contribution in [1.29, 1.82) is 0 Å². The molecule has 4 rings (SSSR count). The Bertz CT molecular complexity index is 1600. The van der Waals surface area contributed by atoms with Gasteiger partial charge in [0.15, 0.2) is 11.6 Å². The third-order valence-corrected chi connectivity index (χ3v) is 8.29. The molecule has 1 aliphatic rings. The van der Waals surface area contributed by atoms with Gasteiger partial charge in [-0.3, -0.25) is 15.0 Å². The van der Waals surface area contributed by atoms with E-state index in [2.05, 4.69) is 10.9 Å². The molecule has 0 saturated carbocycles. The van der Waals surface area contributed by atoms with Crippen LogP contribution in [0.3, 0.4) is 0 Å². The van der Waals surface area contributed by atoms with Gasteiger partial charge < -0.3 is 19.3 Å². The molecule has 0 saturated heterocycles. The Labute approximate surface area is 294 Å². The molecule has 1 aliphatic heterocycles. The summed E-state index contributed by atoms with van der Waals surface area (Å²) in [5.41, 5.74) is 5.25. The minimum Gasteiger partial charge on any atom is -0.494 e. The van der Waals surface area contributed by atoms with E-state index in [0.29, 0.717) is 57.9 Å². The summed E-state index contributed by atoms with van der Waals surface area (Å²) in [6.45, 7) is 6.02. The Morgan fingerprint density at radius 3 is 2.30 bits per heavy atom. The maximum absolute atomic E-state index is 14.3. The van der Waals surface area contributed by atoms with Gasteiger partial charge in [-0.25, -0.2) is 10.4 Å². The molecule has 0 fully saturated rings. The zero-order valence-corrected chi connectivity index (χ0v) is 29.3. The van der Waals surface area contributed by atoms with E-state index in [0.717, 1.165) is 5.56 Å². The second kappa shape index (κ2) is 16.4. The molecule has 3 aromatic carbocycles. The first kappa shape index (κ1) is 36.8. The van der Waals surface area contributed by atoms with Gasteiger partial charge in [-0.2, -0.15) is 0 Å². The summed E-state index contributed by atoms with van der Waals surface area (Å²) >= 11 is 25.2. The van der Waals surface area contributed by atoms with Crippen molar-refractivity contribution in [1.82, 2.24) is 10.9 Å². The van der Waals surface area contributed by atoms with Crippen LogP contribution in [0.4, 0.5) is 0 Å². The number of esters is 1. The highest BCUT2D eigenvalue weighted by molar-refractivity contribution is 6.35. The maximum atomic E-state index is 14.3. The number of carbonyl (C=O) groups is 2. The quantitative estimate of drug-likeness (QED) is 0.0907. The first-order valence-corrected chi connectivity index (χ1v) is 16.6. The summed E-state index contributed by atoms with van der Waals surface area (Å²) < 4.78 is 17.7. The van der Waals surface area contributed by atoms with E-state index in [9.17, 15) is 9.59 Å². The minimum atomic E-state index is -1.65. The van der Waals surface area contributed by atoms with E-state index < -0.39 is 29.1 Å². The normalized spacial score (nSPS) is 17.5. The second-order valence-electron chi connectivity index (χ2n) is 11.9. The Hall–Kier alpha value is -3.05. The monoisotopic (exact) mass is 723 g/mol. The number of benzene rings is 3. The van der Waals surface area contributed by atoms with Crippen molar-refractivity contribution in [3.8, 4) is 5.75 Å². The predicted octanol–water partition coefficient (Wildman–Crippen LogP) is 7.30. The molecule has 3 N–H and O–H groups in total. The first-order valence-electron chi connectivity index (χ1n) is 15.1. The third-order valence-electron chi connectivity index (χ3n) is 7.14. The molecule has 1 amide bonds. The van der Waals surface area contributed by atoms with Crippen LogP contribution in [0, 0.1) is 0 Å². The number of hydrazine groups is 1. The molecule has 0 unspecified atom stereocenters. The number of carbonyl (C=O) groups excluding carboxylic acids is 2. The minimum absolute atomic E-state index is 0.0224. The van der Waals surface area contributed by atoms with Crippen LogP contribution in [-0.4, -0.2) is 53.8 Å². The number of aliphatic hydroxyl groups excluding tert-OH is 1. The molecule has 252 valence electrons. The van der Waals surface area contributed by atoms with Gasteiger partial charge in [-0.1, -0.05) is 58.5 Å². The summed E-state index contributed by atoms with van der Waals surface area (Å²) in [4.78, 5) is 32.1. The van der Waals surface area contributed by atoms with Crippen molar-refractivity contribution in [3.63, 3.8) is 0 Å². The van der Waals surface area contributed by atoms with Gasteiger partial charge in [0.05, 0.1) is 6.61 Å². The summed E-state index contributed by atoms with van der Waals surface area (Å²) in [7, 11) is 0. The number of halogens is 4. The summed E-state index contributed by atoms with van der Waals surface area (Å²) in [5.74, 6) is -0.269. The molecular formula is C34H37Cl4N3O6. The summed E-state index contributed by atoms with van der Waals surface area (Å²) in [6.07, 6.45) is -0.237. The molecule has 0 bridgehead atoms. The second-order valence-corrected chi connectivity index (χ2v) is 13.6. The largest absolute Gasteiger partial charge is 0.494 e. The first-order chi connectivity index (χ1) is 22.3. The van der Waals surface area contributed by atoms with Gasteiger partial charge in [0.25, 0.3) is 5.91 Å². The molecule has 9 nitrogen and oxygen atoms in total. The highest BCUT2D eigenvalue weighted by Gasteiger charge is 2.54. The van der Waals surface area contributed by atoms with Crippen molar-refractivity contribution >= 4 is 64.2 Å². The standard InChI is InChI=1S/C34H37Cl4N3O6/c1-33(2,3)47-29(43)13-15-34(32(44)41-39-16-14-21-5-8-23(35)19-27(21)37)30(26-12-9-24(36)20-28(26)38)46-31(40-34)22-6-10-25(11-7-22)45-18-4-17-42/h5-12,19-20,30,39,42H,4,13-18H2,1-3H3,(H,41,44)/t30-,34-/m0/s1. The number of hydrogen-bond donors (Lipinski definition) is 3. The molecule has 0 radical (unpaired) electrons. The Kier molecular flexibility index (Phi) is 12.8. The molecular weight excluding hydrogens is 688 g/mol. The van der Waals surface area contributed by atoms with Gasteiger partial charge in [-0.05, 0) is 87.7 Å². The average Bonchev–Trinajstić information content (AvgIpc) is 3.39. The number of nitrogens with one attached hydrogen (secondary N) is 2. The van der Waals surface area contributed by atoms with Crippen LogP contribution in [0.1, 0.15) is 62.8 Å². The van der Waals surface area contributed by atoms with Crippen LogP contribution in [0.25, 0.3) is 0 Å². The van der Waals surface area contributed by atoms with E-state index in [4.69, 9.17) is 70.7 Å². The van der Waals surface area contributed by atoms with Crippen LogP contribution in [-0.2, 0) is 25.5 Å². The molecule has 3 aromatic rings. The van der Waals surface area contributed by atoms with Crippen molar-refractivity contribution in [2.24, 2.45) is 4.99 Å². The fourth-order valence-corrected chi connectivity index (χ4v) is 5.93. The zero-order valence-electron chi connectivity index (χ0n) is 26.2. The number of rotatable bonds is 14. The highest BCUT2D eigenvalue weighted by atomic mass is 35.5. The Balaban J connectivity index is 1.67. The van der Waals surface area contributed by atoms with Crippen LogP contribution in [0.5, 0.6) is 5.75 Å². The van der Waals surface area contributed by atoms with Gasteiger partial charge in [0, 0.05) is 57.2 Å². The van der Waals surface area contributed by atoms with E-state index in [1.807, 2.05) is 6.07 Å². The van der Waals surface area contributed by atoms with Gasteiger partial charge in [0.2, 0.25) is 5.90 Å². The smallest absolute Gasteiger partial charge is 0.306 e. The van der Waals surface area contributed by atoms with Crippen LogP contribution < -0.4 is 15.6 Å². The SMILES string of the molecule is CC(C)(C)OC(=O)CC[C@]1(C(=O)NNCCc2ccc(Cl)cc2Cl)N=C(c2ccc(OCCCO)cc2)O[C@H]1c1ccc(Cl)cc1Cl. The summed E-state index contributed by atoms with van der Waals surface area (Å²) in [6, 6.07) is 17.1. The molecule has 0 aromatic heterocycles. The third kappa shape index (κ3) is 9.98. The summed E-state index contributed by atoms with van der Waals surface area (Å²) in [5, 5.41) is 10.8. The molecule has 0 spiro atoms. The van der Waals surface area contributed by atoms with Crippen LogP contribution in [0.15, 0.2) is 65.7 Å². The number of hydrogen-bond acceptors (Lipinski definition) is 8. The Morgan fingerprint density at radius 1 is 0.979 bits per heavy atom. The predicted molar refractivity (Wildman–Crippen MR) is 185 cm³/mol. The number of amides is 1. The Morgan fingerprint density at radius 2 is 1.66 bits per heavy atom. The van der Waals surface area contributed by atoms with Crippen molar-refractivity contribution in [2.45, 2.75) is 63.7 Å². The lowest BCUT2D eigenvalue weighted by atomic mass is 9.83. The molecule has 47 heavy (non-hydrogen) atoms. The lowest BCUT2D eigenvalue weighted by molar-refractivity contribution is -0.155. The van der Waals surface area contributed by atoms with Gasteiger partial charge in [-0.15, -0.1) is 0 Å². The number of nitrogens with zero attached hydrogens (tertiary/aromatic N) is 1. The van der Waals surface area contributed by atoms with Crippen molar-refractivity contribution in [3.05, 3.63) is 97.4 Å². The molecule has 1 heterocycles. The van der Waals surface area contributed by atoms with Crippen LogP contribution >= 0.6 is 46.4 Å². The fraction of sp³-hybridized carbons (Fsp3) is 0.382. The topological polar surface area (TPSA) is 118 Å². The van der Waals surface area contributed by atoms with E-state index in [1.165, 1.54) is 0 Å². The number of aliphatic hydroxyl groups is 1. The molecule has 2 atom stereocenters. The van der Waals surface area contributed by atoms with Gasteiger partial charge >= 0.3 is 5.97 Å². The molecule has 13 heteroatoms. The maximum Gasteiger partial charge on any atom is 0.306 e. The lowest BCUT2D eigenvalue weighted by Crippen LogP contribution is -2.53. The van der Waals surface area contributed by atoms with Gasteiger partial charge in [0.1, 0.15) is 11.4 Å². The average molecular weight is 725 g/mol. The number of ether oxygens (including phenoxy) is 3. The van der Waals surface area contributed by atoms with Crippen molar-refractivity contribution < 1.29 is 28.9 Å². The van der Waals surface area contributed by atoms with Crippen molar-refractivity contribution in [2.75, 3.05) is 19.8 Å². The molecule has 0 aliphatic carbocycles. The van der Waals surface area contributed by atoms with E-state index >= 15 is 0 Å². The van der Waals surface area contributed by atoms with Crippen LogP contribution in [0.2, 0.25) is 20.1 Å². The van der Waals surface area contributed by atoms with E-state index in [-0.39, 0.29) is 30.4 Å².